The Balaban J connectivity index is 1.06. The summed E-state index contributed by atoms with van der Waals surface area (Å²) in [5.41, 5.74) is 30.0. The highest BCUT2D eigenvalue weighted by molar-refractivity contribution is 6.99. The van der Waals surface area contributed by atoms with Crippen LogP contribution in [0.3, 0.4) is 0 Å². The summed E-state index contributed by atoms with van der Waals surface area (Å²) in [4.78, 5) is 2.75. The Labute approximate surface area is 604 Å². The van der Waals surface area contributed by atoms with E-state index in [0.717, 1.165) is 45.4 Å². The molecule has 0 amide bonds. The smallest absolute Gasteiger partial charge is 0.247 e. The molecule has 5 heterocycles. The number of anilines is 3. The van der Waals surface area contributed by atoms with Gasteiger partial charge in [-0.05, 0) is 202 Å². The van der Waals surface area contributed by atoms with E-state index in [4.69, 9.17) is 4.74 Å². The molecule has 0 unspecified atom stereocenters. The van der Waals surface area contributed by atoms with Crippen LogP contribution in [-0.2, 0) is 37.9 Å². The van der Waals surface area contributed by atoms with Gasteiger partial charge in [-0.3, -0.25) is 0 Å². The normalized spacial score (nSPS) is 14.3. The van der Waals surface area contributed by atoms with Gasteiger partial charge in [0.05, 0.1) is 33.2 Å². The third kappa shape index (κ3) is 10.1. The summed E-state index contributed by atoms with van der Waals surface area (Å²) >= 11 is 0. The first-order valence-corrected chi connectivity index (χ1v) is 37.0. The number of nitrogens with zero attached hydrogens (tertiary/aromatic N) is 3. The molecule has 506 valence electrons. The summed E-state index contributed by atoms with van der Waals surface area (Å²) in [7, 11) is 0. The van der Waals surface area contributed by atoms with Crippen LogP contribution in [0.25, 0.3) is 77.2 Å². The van der Waals surface area contributed by atoms with Crippen molar-refractivity contribution >= 4 is 83.8 Å². The van der Waals surface area contributed by atoms with Crippen molar-refractivity contribution in [3.63, 3.8) is 0 Å². The van der Waals surface area contributed by atoms with Crippen LogP contribution in [0.5, 0.6) is 11.5 Å². The molecular formula is C97H94BN3O. The molecule has 0 N–H and O–H groups in total. The third-order valence-corrected chi connectivity index (χ3v) is 23.0. The first-order chi connectivity index (χ1) is 48.4. The van der Waals surface area contributed by atoms with Crippen LogP contribution in [0.1, 0.15) is 180 Å². The number of hydrogen-bond acceptors (Lipinski definition) is 2. The molecular weight excluding hydrogens is 1230 g/mol. The second kappa shape index (κ2) is 22.5. The molecule has 12 aromatic carbocycles. The fourth-order valence-electron chi connectivity index (χ4n) is 17.3. The zero-order valence-electron chi connectivity index (χ0n) is 62.9. The fourth-order valence-corrected chi connectivity index (χ4v) is 17.3. The van der Waals surface area contributed by atoms with Crippen LogP contribution in [0, 0.1) is 0 Å². The predicted octanol–water partition coefficient (Wildman–Crippen LogP) is 24.1. The van der Waals surface area contributed by atoms with E-state index in [1.54, 1.807) is 0 Å². The fraction of sp³-hybridized carbons (Fsp3) is 0.258. The largest absolute Gasteiger partial charge is 0.457 e. The molecule has 3 aliphatic rings. The van der Waals surface area contributed by atoms with Crippen LogP contribution < -0.4 is 26.0 Å². The van der Waals surface area contributed by atoms with Gasteiger partial charge in [0.15, 0.2) is 0 Å². The first kappa shape index (κ1) is 65.2. The number of para-hydroxylation sites is 2. The summed E-state index contributed by atoms with van der Waals surface area (Å²) in [6.45, 7) is 42.1. The summed E-state index contributed by atoms with van der Waals surface area (Å²) in [5.74, 6) is 1.73. The summed E-state index contributed by atoms with van der Waals surface area (Å²) in [5, 5.41) is 5.08. The second-order valence-electron chi connectivity index (χ2n) is 35.8. The van der Waals surface area contributed by atoms with Gasteiger partial charge in [-0.1, -0.05) is 270 Å². The number of benzene rings is 12. The van der Waals surface area contributed by atoms with Crippen molar-refractivity contribution in [2.75, 3.05) is 4.90 Å². The number of aromatic nitrogens is 2. The first-order valence-electron chi connectivity index (χ1n) is 37.0. The number of hydrogen-bond donors (Lipinski definition) is 0. The summed E-state index contributed by atoms with van der Waals surface area (Å²) in [6, 6.07) is 94.8. The van der Waals surface area contributed by atoms with Crippen LogP contribution >= 0.6 is 0 Å². The van der Waals surface area contributed by atoms with Crippen LogP contribution in [0.15, 0.2) is 243 Å². The Morgan fingerprint density at radius 1 is 0.294 bits per heavy atom. The quantitative estimate of drug-likeness (QED) is 0.160. The Morgan fingerprint density at radius 3 is 1.08 bits per heavy atom. The maximum absolute atomic E-state index is 7.28. The van der Waals surface area contributed by atoms with E-state index in [9.17, 15) is 0 Å². The molecule has 14 aromatic rings. The van der Waals surface area contributed by atoms with E-state index in [1.165, 1.54) is 132 Å². The minimum Gasteiger partial charge on any atom is -0.457 e. The van der Waals surface area contributed by atoms with Crippen molar-refractivity contribution in [1.29, 1.82) is 0 Å². The topological polar surface area (TPSA) is 22.3 Å². The predicted molar refractivity (Wildman–Crippen MR) is 436 cm³/mol. The molecule has 4 nitrogen and oxygen atoms in total. The van der Waals surface area contributed by atoms with E-state index in [1.807, 2.05) is 0 Å². The molecule has 3 aliphatic heterocycles. The standard InChI is InChI=1S/C97H94BN3O/c1-91(2,3)61-37-45-81-71(49-61)72-50-62(92(4,5)6)38-46-82(72)99(81)67-41-43-79-77(57-67)97(75-33-25-27-35-87(75)102-88-36-28-26-34-76(88)97)78-55-66(96(16,17)18)56-86-89(78)98(79)80-44-42-68(100-83-47-39-63(93(7,8)9)51-73(83)74-52-64(94(10,11)12)40-48-84(74)100)58-85(80)101(86)90-69(59-29-21-19-22-30-59)53-65(95(13,14)15)54-70(90)60-31-23-20-24-32-60/h19-58H,1-18H3. The molecule has 17 rings (SSSR count). The number of fused-ring (bicyclic) bond motifs is 16. The van der Waals surface area contributed by atoms with E-state index < -0.39 is 5.41 Å². The minimum atomic E-state index is -0.888. The lowest BCUT2D eigenvalue weighted by atomic mass is 9.29. The van der Waals surface area contributed by atoms with Gasteiger partial charge in [-0.2, -0.15) is 0 Å². The van der Waals surface area contributed by atoms with E-state index >= 15 is 0 Å². The lowest BCUT2D eigenvalue weighted by molar-refractivity contribution is 0.435. The zero-order valence-corrected chi connectivity index (χ0v) is 62.9. The van der Waals surface area contributed by atoms with Crippen LogP contribution in [-0.4, -0.2) is 15.8 Å². The Bertz CT molecular complexity index is 5550. The Hall–Kier alpha value is -10.1. The molecule has 0 saturated heterocycles. The Kier molecular flexibility index (Phi) is 14.4. The van der Waals surface area contributed by atoms with Crippen molar-refractivity contribution in [2.24, 2.45) is 0 Å². The maximum atomic E-state index is 7.28. The van der Waals surface area contributed by atoms with Gasteiger partial charge < -0.3 is 18.8 Å². The van der Waals surface area contributed by atoms with Crippen LogP contribution in [0.2, 0.25) is 0 Å². The SMILES string of the molecule is CC(C)(C)c1cc(-c2ccccc2)c(N2c3cc(-n4c5ccc(C(C)(C)C)cc5c5cc(C(C)(C)C)ccc54)ccc3B3c4ccc(-n5c6ccc(C(C)(C)C)cc6c6cc(C(C)(C)C)ccc65)cc4C4(c5ccccc5Oc5ccccc54)c4cc(C(C)(C)C)cc2c43)c(-c2ccccc2)c1. The number of ether oxygens (including phenoxy) is 1. The van der Waals surface area contributed by atoms with Gasteiger partial charge >= 0.3 is 0 Å². The van der Waals surface area contributed by atoms with Crippen molar-refractivity contribution in [3.8, 4) is 45.1 Å². The van der Waals surface area contributed by atoms with Gasteiger partial charge in [0.25, 0.3) is 0 Å². The molecule has 0 radical (unpaired) electrons. The molecule has 1 spiro atoms. The highest BCUT2D eigenvalue weighted by Crippen LogP contribution is 2.59. The highest BCUT2D eigenvalue weighted by atomic mass is 16.5. The third-order valence-electron chi connectivity index (χ3n) is 23.0. The Morgan fingerprint density at radius 2 is 0.667 bits per heavy atom. The lowest BCUT2D eigenvalue weighted by Crippen LogP contribution is -2.65. The number of rotatable bonds is 5. The van der Waals surface area contributed by atoms with E-state index in [2.05, 4.69) is 381 Å². The van der Waals surface area contributed by atoms with Crippen LogP contribution in [0.4, 0.5) is 17.1 Å². The van der Waals surface area contributed by atoms with Crippen molar-refractivity contribution in [1.82, 2.24) is 9.13 Å². The molecule has 5 heteroatoms. The average Bonchev–Trinajstić information content (AvgIpc) is 0.676. The molecule has 0 atom stereocenters. The van der Waals surface area contributed by atoms with Gasteiger partial charge in [0.2, 0.25) is 6.71 Å². The van der Waals surface area contributed by atoms with Crippen molar-refractivity contribution in [3.05, 3.63) is 298 Å². The maximum Gasteiger partial charge on any atom is 0.247 e. The van der Waals surface area contributed by atoms with Gasteiger partial charge in [-0.25, -0.2) is 0 Å². The van der Waals surface area contributed by atoms with E-state index in [0.29, 0.717) is 0 Å². The van der Waals surface area contributed by atoms with Gasteiger partial charge in [-0.15, -0.1) is 0 Å². The highest BCUT2D eigenvalue weighted by Gasteiger charge is 2.56. The molecule has 0 aliphatic carbocycles. The van der Waals surface area contributed by atoms with Gasteiger partial charge in [0.1, 0.15) is 11.5 Å². The minimum absolute atomic E-state index is 0.0467. The van der Waals surface area contributed by atoms with Crippen molar-refractivity contribution < 1.29 is 4.74 Å². The van der Waals surface area contributed by atoms with E-state index in [-0.39, 0.29) is 39.2 Å². The summed E-state index contributed by atoms with van der Waals surface area (Å²) < 4.78 is 12.4. The molecule has 2 aromatic heterocycles. The summed E-state index contributed by atoms with van der Waals surface area (Å²) in [6.07, 6.45) is 0. The molecule has 0 bridgehead atoms. The second-order valence-corrected chi connectivity index (χ2v) is 35.8. The van der Waals surface area contributed by atoms with Crippen molar-refractivity contribution in [2.45, 2.75) is 163 Å². The average molecular weight is 1330 g/mol. The zero-order chi connectivity index (χ0) is 71.3. The molecule has 102 heavy (non-hydrogen) atoms. The molecule has 0 saturated carbocycles. The monoisotopic (exact) mass is 1330 g/mol. The molecule has 0 fully saturated rings. The lowest BCUT2D eigenvalue weighted by Gasteiger charge is -2.51. The van der Waals surface area contributed by atoms with Gasteiger partial charge in [0, 0.05) is 66.5 Å².